The Morgan fingerprint density at radius 2 is 2.04 bits per heavy atom. The van der Waals surface area contributed by atoms with Crippen LogP contribution in [0.1, 0.15) is 35.9 Å². The molecule has 6 heteroatoms. The predicted octanol–water partition coefficient (Wildman–Crippen LogP) is 2.73. The molecule has 2 heterocycles. The van der Waals surface area contributed by atoms with Gasteiger partial charge in [0.1, 0.15) is 11.8 Å². The minimum absolute atomic E-state index is 0.0777. The van der Waals surface area contributed by atoms with Gasteiger partial charge in [-0.25, -0.2) is 4.98 Å². The lowest BCUT2D eigenvalue weighted by atomic mass is 10.0. The van der Waals surface area contributed by atoms with E-state index >= 15 is 0 Å². The highest BCUT2D eigenvalue weighted by Gasteiger charge is 2.31. The molecule has 2 N–H and O–H groups in total. The van der Waals surface area contributed by atoms with Crippen molar-refractivity contribution in [3.05, 3.63) is 59.1 Å². The number of rotatable bonds is 6. The van der Waals surface area contributed by atoms with Crippen molar-refractivity contribution in [1.29, 1.82) is 0 Å². The van der Waals surface area contributed by atoms with Crippen molar-refractivity contribution in [2.75, 3.05) is 20.2 Å². The van der Waals surface area contributed by atoms with Gasteiger partial charge in [-0.3, -0.25) is 4.79 Å². The summed E-state index contributed by atoms with van der Waals surface area (Å²) in [6, 6.07) is 16.4. The zero-order valence-corrected chi connectivity index (χ0v) is 16.9. The van der Waals surface area contributed by atoms with E-state index in [2.05, 4.69) is 23.5 Å². The number of hydrogen-bond donors (Lipinski definition) is 2. The highest BCUT2D eigenvalue weighted by Crippen LogP contribution is 2.28. The Morgan fingerprint density at radius 1 is 1.21 bits per heavy atom. The third-order valence-electron chi connectivity index (χ3n) is 5.40. The Hall–Kier alpha value is -2.44. The van der Waals surface area contributed by atoms with Crippen LogP contribution in [-0.2, 0) is 11.3 Å². The topological polar surface area (TPSA) is 55.7 Å². The molecule has 1 saturated heterocycles. The number of methoxy groups -OCH3 is 1. The van der Waals surface area contributed by atoms with Crippen LogP contribution in [0.3, 0.4) is 0 Å². The number of fused-ring (bicyclic) bond motifs is 1. The molecule has 0 spiro atoms. The number of hydrogen-bond acceptors (Lipinski definition) is 4. The van der Waals surface area contributed by atoms with E-state index in [0.717, 1.165) is 41.2 Å². The maximum absolute atomic E-state index is 12.6. The van der Waals surface area contributed by atoms with Gasteiger partial charge in [-0.15, -0.1) is 11.3 Å². The second kappa shape index (κ2) is 8.71. The maximum Gasteiger partial charge on any atom is 0.275 e. The number of ether oxygens (including phenoxy) is 1. The molecule has 4 rings (SSSR count). The average Bonchev–Trinajstić information content (AvgIpc) is 3.17. The van der Waals surface area contributed by atoms with E-state index in [9.17, 15) is 4.79 Å². The van der Waals surface area contributed by atoms with Crippen molar-refractivity contribution in [2.45, 2.75) is 31.8 Å². The number of nitrogens with one attached hydrogen (secondary N) is 2. The van der Waals surface area contributed by atoms with Crippen LogP contribution in [-0.4, -0.2) is 31.1 Å². The number of para-hydroxylation sites is 2. The quantitative estimate of drug-likeness (QED) is 0.674. The minimum Gasteiger partial charge on any atom is -0.496 e. The predicted molar refractivity (Wildman–Crippen MR) is 112 cm³/mol. The van der Waals surface area contributed by atoms with Crippen LogP contribution < -0.4 is 15.0 Å². The fourth-order valence-electron chi connectivity index (χ4n) is 3.94. The lowest BCUT2D eigenvalue weighted by molar-refractivity contribution is -0.929. The van der Waals surface area contributed by atoms with Crippen molar-refractivity contribution < 1.29 is 14.4 Å². The van der Waals surface area contributed by atoms with Gasteiger partial charge in [-0.2, -0.15) is 0 Å². The second-order valence-corrected chi connectivity index (χ2v) is 8.30. The SMILES string of the molecule is COc1ccccc1CNC(=O)C[NH+]1CCCC[C@H]1c1nc2ccccc2s1. The summed E-state index contributed by atoms with van der Waals surface area (Å²) < 4.78 is 6.59. The normalized spacial score (nSPS) is 19.5. The van der Waals surface area contributed by atoms with E-state index in [1.165, 1.54) is 16.0 Å². The number of carbonyl (C=O) groups is 1. The monoisotopic (exact) mass is 396 g/mol. The first-order valence-corrected chi connectivity index (χ1v) is 10.6. The van der Waals surface area contributed by atoms with Gasteiger partial charge in [0.2, 0.25) is 0 Å². The standard InChI is InChI=1S/C22H25N3O2S/c1-27-19-11-4-2-8-16(19)14-23-21(26)15-25-13-7-6-10-18(25)22-24-17-9-3-5-12-20(17)28-22/h2-5,8-9,11-12,18H,6-7,10,13-15H2,1H3,(H,23,26)/p+1/t18-/m0/s1. The number of quaternary nitrogens is 1. The van der Waals surface area contributed by atoms with E-state index in [-0.39, 0.29) is 5.91 Å². The van der Waals surface area contributed by atoms with Crippen LogP contribution in [0.4, 0.5) is 0 Å². The fourth-order valence-corrected chi connectivity index (χ4v) is 5.10. The van der Waals surface area contributed by atoms with Crippen LogP contribution in [0.5, 0.6) is 5.75 Å². The third kappa shape index (κ3) is 4.18. The van der Waals surface area contributed by atoms with Gasteiger partial charge in [0, 0.05) is 18.5 Å². The van der Waals surface area contributed by atoms with Gasteiger partial charge >= 0.3 is 0 Å². The number of carbonyl (C=O) groups excluding carboxylic acids is 1. The molecular formula is C22H26N3O2S+. The zero-order chi connectivity index (χ0) is 19.3. The van der Waals surface area contributed by atoms with Gasteiger partial charge in [0.15, 0.2) is 11.6 Å². The molecule has 1 unspecified atom stereocenters. The number of piperidine rings is 1. The van der Waals surface area contributed by atoms with Crippen molar-refractivity contribution in [2.24, 2.45) is 0 Å². The second-order valence-electron chi connectivity index (χ2n) is 7.24. The van der Waals surface area contributed by atoms with E-state index in [0.29, 0.717) is 19.1 Å². The highest BCUT2D eigenvalue weighted by molar-refractivity contribution is 7.18. The number of aromatic nitrogens is 1. The number of benzene rings is 2. The van der Waals surface area contributed by atoms with E-state index in [4.69, 9.17) is 9.72 Å². The summed E-state index contributed by atoms with van der Waals surface area (Å²) in [5.41, 5.74) is 2.06. The number of likely N-dealkylation sites (tertiary alicyclic amines) is 1. The Kier molecular flexibility index (Phi) is 5.88. The molecule has 2 atom stereocenters. The Balaban J connectivity index is 1.42. The number of thiazole rings is 1. The first-order chi connectivity index (χ1) is 13.7. The molecule has 0 bridgehead atoms. The molecule has 5 nitrogen and oxygen atoms in total. The van der Waals surface area contributed by atoms with Crippen molar-refractivity contribution in [1.82, 2.24) is 10.3 Å². The first kappa shape index (κ1) is 18.9. The lowest BCUT2D eigenvalue weighted by Gasteiger charge is -2.30. The van der Waals surface area contributed by atoms with Crippen LogP contribution in [0.2, 0.25) is 0 Å². The largest absolute Gasteiger partial charge is 0.496 e. The van der Waals surface area contributed by atoms with Crippen LogP contribution in [0.15, 0.2) is 48.5 Å². The summed E-state index contributed by atoms with van der Waals surface area (Å²) in [6.07, 6.45) is 3.46. The summed E-state index contributed by atoms with van der Waals surface area (Å²) in [5.74, 6) is 0.884. The summed E-state index contributed by atoms with van der Waals surface area (Å²) in [5, 5.41) is 4.22. The average molecular weight is 397 g/mol. The van der Waals surface area contributed by atoms with Crippen molar-refractivity contribution in [3.8, 4) is 5.75 Å². The molecule has 1 aliphatic rings. The summed E-state index contributed by atoms with van der Waals surface area (Å²) >= 11 is 1.77. The van der Waals surface area contributed by atoms with Gasteiger partial charge in [-0.1, -0.05) is 30.3 Å². The molecule has 0 radical (unpaired) electrons. The molecular weight excluding hydrogens is 370 g/mol. The molecule has 1 aromatic heterocycles. The molecule has 2 aromatic carbocycles. The van der Waals surface area contributed by atoms with Crippen molar-refractivity contribution >= 4 is 27.5 Å². The van der Waals surface area contributed by atoms with Crippen LogP contribution in [0.25, 0.3) is 10.2 Å². The maximum atomic E-state index is 12.6. The zero-order valence-electron chi connectivity index (χ0n) is 16.1. The summed E-state index contributed by atoms with van der Waals surface area (Å²) in [6.45, 7) is 1.99. The Morgan fingerprint density at radius 3 is 2.89 bits per heavy atom. The van der Waals surface area contributed by atoms with Crippen molar-refractivity contribution in [3.63, 3.8) is 0 Å². The number of nitrogens with zero attached hydrogens (tertiary/aromatic N) is 1. The first-order valence-electron chi connectivity index (χ1n) is 9.83. The van der Waals surface area contributed by atoms with Gasteiger partial charge in [-0.05, 0) is 31.0 Å². The Labute approximate surface area is 169 Å². The summed E-state index contributed by atoms with van der Waals surface area (Å²) in [4.78, 5) is 18.8. The van der Waals surface area contributed by atoms with E-state index in [1.54, 1.807) is 18.4 Å². The fraction of sp³-hybridized carbons (Fsp3) is 0.364. The third-order valence-corrected chi connectivity index (χ3v) is 6.55. The van der Waals surface area contributed by atoms with Crippen LogP contribution >= 0.6 is 11.3 Å². The lowest BCUT2D eigenvalue weighted by Crippen LogP contribution is -3.14. The van der Waals surface area contributed by atoms with Gasteiger partial charge in [0.05, 0.1) is 23.9 Å². The van der Waals surface area contributed by atoms with Gasteiger partial charge < -0.3 is 15.0 Å². The Bertz CT molecular complexity index is 923. The molecule has 28 heavy (non-hydrogen) atoms. The molecule has 1 aliphatic heterocycles. The highest BCUT2D eigenvalue weighted by atomic mass is 32.1. The minimum atomic E-state index is 0.0777. The smallest absolute Gasteiger partial charge is 0.275 e. The molecule has 146 valence electrons. The van der Waals surface area contributed by atoms with E-state index in [1.807, 2.05) is 30.3 Å². The molecule has 1 amide bonds. The van der Waals surface area contributed by atoms with Gasteiger partial charge in [0.25, 0.3) is 5.91 Å². The van der Waals surface area contributed by atoms with E-state index < -0.39 is 0 Å². The molecule has 1 fully saturated rings. The van der Waals surface area contributed by atoms with Crippen LogP contribution in [0, 0.1) is 0 Å². The molecule has 0 saturated carbocycles. The number of amides is 1. The molecule has 0 aliphatic carbocycles. The molecule has 3 aromatic rings. The summed E-state index contributed by atoms with van der Waals surface area (Å²) in [7, 11) is 1.65.